The van der Waals surface area contributed by atoms with Gasteiger partial charge in [0, 0.05) is 32.7 Å². The van der Waals surface area contributed by atoms with Crippen LogP contribution in [-0.4, -0.2) is 61.5 Å². The minimum Gasteiger partial charge on any atom is -0.376 e. The van der Waals surface area contributed by atoms with Gasteiger partial charge in [0.15, 0.2) is 0 Å². The highest BCUT2D eigenvalue weighted by atomic mass is 16.5. The lowest BCUT2D eigenvalue weighted by atomic mass is 9.98. The van der Waals surface area contributed by atoms with Gasteiger partial charge >= 0.3 is 0 Å². The van der Waals surface area contributed by atoms with Gasteiger partial charge < -0.3 is 14.8 Å². The second-order valence-electron chi connectivity index (χ2n) is 6.82. The third kappa shape index (κ3) is 4.19. The van der Waals surface area contributed by atoms with Crippen LogP contribution in [0.3, 0.4) is 0 Å². The van der Waals surface area contributed by atoms with E-state index >= 15 is 0 Å². The molecular weight excluding hydrogens is 228 g/mol. The van der Waals surface area contributed by atoms with Crippen LogP contribution < -0.4 is 5.32 Å². The van der Waals surface area contributed by atoms with Gasteiger partial charge in [0.25, 0.3) is 0 Å². The zero-order valence-corrected chi connectivity index (χ0v) is 12.3. The third-order valence-corrected chi connectivity index (χ3v) is 3.53. The van der Waals surface area contributed by atoms with E-state index in [9.17, 15) is 0 Å². The van der Waals surface area contributed by atoms with Crippen LogP contribution in [0.25, 0.3) is 0 Å². The molecule has 18 heavy (non-hydrogen) atoms. The van der Waals surface area contributed by atoms with Crippen LogP contribution in [0.15, 0.2) is 0 Å². The second kappa shape index (κ2) is 5.45. The van der Waals surface area contributed by atoms with Gasteiger partial charge in [0.1, 0.15) is 0 Å². The Kier molecular flexibility index (Phi) is 4.32. The standard InChI is InChI=1S/C14H28N2O2/c1-13(2)10-16(11-14(3,4)18-13)7-5-12-9-15-6-8-17-12/h12,15H,5-11H2,1-4H3. The molecular formula is C14H28N2O2. The zero-order valence-electron chi connectivity index (χ0n) is 12.3. The number of nitrogens with zero attached hydrogens (tertiary/aromatic N) is 1. The topological polar surface area (TPSA) is 33.7 Å². The summed E-state index contributed by atoms with van der Waals surface area (Å²) in [6.45, 7) is 14.7. The predicted octanol–water partition coefficient (Wildman–Crippen LogP) is 1.25. The van der Waals surface area contributed by atoms with Crippen molar-refractivity contribution in [3.05, 3.63) is 0 Å². The first-order valence-corrected chi connectivity index (χ1v) is 7.11. The number of hydrogen-bond acceptors (Lipinski definition) is 4. The summed E-state index contributed by atoms with van der Waals surface area (Å²) in [6.07, 6.45) is 1.49. The van der Waals surface area contributed by atoms with Crippen LogP contribution in [0.4, 0.5) is 0 Å². The van der Waals surface area contributed by atoms with E-state index in [0.717, 1.165) is 45.8 Å². The van der Waals surface area contributed by atoms with Crippen molar-refractivity contribution < 1.29 is 9.47 Å². The van der Waals surface area contributed by atoms with Crippen molar-refractivity contribution in [2.45, 2.75) is 51.4 Å². The van der Waals surface area contributed by atoms with Gasteiger partial charge in [-0.2, -0.15) is 0 Å². The average Bonchev–Trinajstić information content (AvgIpc) is 2.24. The van der Waals surface area contributed by atoms with Gasteiger partial charge in [-0.1, -0.05) is 0 Å². The molecule has 2 rings (SSSR count). The fourth-order valence-corrected chi connectivity index (χ4v) is 3.24. The lowest BCUT2D eigenvalue weighted by Crippen LogP contribution is -2.57. The first-order chi connectivity index (χ1) is 8.36. The van der Waals surface area contributed by atoms with Crippen LogP contribution in [0, 0.1) is 0 Å². The molecule has 0 aliphatic carbocycles. The van der Waals surface area contributed by atoms with Crippen molar-refractivity contribution >= 4 is 0 Å². The van der Waals surface area contributed by atoms with Crippen molar-refractivity contribution in [1.29, 1.82) is 0 Å². The van der Waals surface area contributed by atoms with Crippen LogP contribution in [0.5, 0.6) is 0 Å². The first kappa shape index (κ1) is 14.3. The lowest BCUT2D eigenvalue weighted by Gasteiger charge is -2.47. The minimum absolute atomic E-state index is 0.0482. The summed E-state index contributed by atoms with van der Waals surface area (Å²) in [4.78, 5) is 2.52. The normalized spacial score (nSPS) is 32.3. The molecule has 2 aliphatic rings. The number of rotatable bonds is 3. The monoisotopic (exact) mass is 256 g/mol. The Morgan fingerprint density at radius 2 is 1.83 bits per heavy atom. The van der Waals surface area contributed by atoms with E-state index in [1.165, 1.54) is 0 Å². The molecule has 2 fully saturated rings. The molecule has 0 aromatic carbocycles. The van der Waals surface area contributed by atoms with Crippen molar-refractivity contribution in [3.8, 4) is 0 Å². The quantitative estimate of drug-likeness (QED) is 0.824. The van der Waals surface area contributed by atoms with E-state index < -0.39 is 0 Å². The highest BCUT2D eigenvalue weighted by molar-refractivity contribution is 4.89. The summed E-state index contributed by atoms with van der Waals surface area (Å²) in [6, 6.07) is 0. The second-order valence-corrected chi connectivity index (χ2v) is 6.82. The van der Waals surface area contributed by atoms with E-state index in [2.05, 4.69) is 37.9 Å². The molecule has 0 aromatic rings. The molecule has 0 radical (unpaired) electrons. The van der Waals surface area contributed by atoms with Crippen LogP contribution >= 0.6 is 0 Å². The van der Waals surface area contributed by atoms with Crippen molar-refractivity contribution in [2.75, 3.05) is 39.3 Å². The van der Waals surface area contributed by atoms with Crippen LogP contribution in [0.1, 0.15) is 34.1 Å². The van der Waals surface area contributed by atoms with Crippen molar-refractivity contribution in [2.24, 2.45) is 0 Å². The maximum absolute atomic E-state index is 6.10. The molecule has 4 heteroatoms. The molecule has 2 aliphatic heterocycles. The third-order valence-electron chi connectivity index (χ3n) is 3.53. The Bertz CT molecular complexity index is 257. The molecule has 1 unspecified atom stereocenters. The van der Waals surface area contributed by atoms with Crippen LogP contribution in [0.2, 0.25) is 0 Å². The Morgan fingerprint density at radius 3 is 2.39 bits per heavy atom. The Labute approximate surface area is 111 Å². The van der Waals surface area contributed by atoms with Gasteiger partial charge in [-0.25, -0.2) is 0 Å². The van der Waals surface area contributed by atoms with E-state index in [4.69, 9.17) is 9.47 Å². The molecule has 0 spiro atoms. The fraction of sp³-hybridized carbons (Fsp3) is 1.00. The molecule has 4 nitrogen and oxygen atoms in total. The Balaban J connectivity index is 1.81. The Hall–Kier alpha value is -0.160. The molecule has 1 atom stereocenters. The molecule has 0 amide bonds. The molecule has 106 valence electrons. The summed E-state index contributed by atoms with van der Waals surface area (Å²) >= 11 is 0. The first-order valence-electron chi connectivity index (χ1n) is 7.11. The molecule has 2 heterocycles. The van der Waals surface area contributed by atoms with E-state index in [-0.39, 0.29) is 11.2 Å². The van der Waals surface area contributed by atoms with E-state index in [1.807, 2.05) is 0 Å². The van der Waals surface area contributed by atoms with Crippen molar-refractivity contribution in [1.82, 2.24) is 10.2 Å². The summed E-state index contributed by atoms with van der Waals surface area (Å²) in [5.41, 5.74) is -0.0964. The predicted molar refractivity (Wildman–Crippen MR) is 72.9 cm³/mol. The highest BCUT2D eigenvalue weighted by Gasteiger charge is 2.37. The maximum atomic E-state index is 6.10. The number of hydrogen-bond donors (Lipinski definition) is 1. The number of nitrogens with one attached hydrogen (secondary N) is 1. The molecule has 0 saturated carbocycles. The summed E-state index contributed by atoms with van der Waals surface area (Å²) in [5, 5.41) is 3.39. The summed E-state index contributed by atoms with van der Waals surface area (Å²) in [7, 11) is 0. The average molecular weight is 256 g/mol. The molecule has 2 saturated heterocycles. The van der Waals surface area contributed by atoms with E-state index in [0.29, 0.717) is 6.10 Å². The largest absolute Gasteiger partial charge is 0.376 e. The SMILES string of the molecule is CC1(C)CN(CCC2CNCCO2)CC(C)(C)O1. The maximum Gasteiger partial charge on any atom is 0.0760 e. The van der Waals surface area contributed by atoms with Gasteiger partial charge in [-0.15, -0.1) is 0 Å². The number of ether oxygens (including phenoxy) is 2. The molecule has 0 aromatic heterocycles. The number of morpholine rings is 2. The van der Waals surface area contributed by atoms with Crippen LogP contribution in [-0.2, 0) is 9.47 Å². The van der Waals surface area contributed by atoms with Gasteiger partial charge in [0.2, 0.25) is 0 Å². The van der Waals surface area contributed by atoms with Gasteiger partial charge in [-0.05, 0) is 34.1 Å². The smallest absolute Gasteiger partial charge is 0.0760 e. The van der Waals surface area contributed by atoms with E-state index in [1.54, 1.807) is 0 Å². The van der Waals surface area contributed by atoms with Gasteiger partial charge in [0.05, 0.1) is 23.9 Å². The van der Waals surface area contributed by atoms with Gasteiger partial charge in [-0.3, -0.25) is 4.90 Å². The lowest BCUT2D eigenvalue weighted by molar-refractivity contribution is -0.181. The summed E-state index contributed by atoms with van der Waals surface area (Å²) < 4.78 is 11.9. The Morgan fingerprint density at radius 1 is 1.17 bits per heavy atom. The van der Waals surface area contributed by atoms with Crippen molar-refractivity contribution in [3.63, 3.8) is 0 Å². The molecule has 0 bridgehead atoms. The minimum atomic E-state index is -0.0482. The zero-order chi connectivity index (χ0) is 13.2. The fourth-order valence-electron chi connectivity index (χ4n) is 3.24. The highest BCUT2D eigenvalue weighted by Crippen LogP contribution is 2.28. The molecule has 1 N–H and O–H groups in total. The summed E-state index contributed by atoms with van der Waals surface area (Å²) in [5.74, 6) is 0.